The van der Waals surface area contributed by atoms with E-state index in [1.165, 1.54) is 0 Å². The Hall–Kier alpha value is -3.02. The third kappa shape index (κ3) is 5.28. The van der Waals surface area contributed by atoms with Crippen LogP contribution in [0.15, 0.2) is 48.5 Å². The average Bonchev–Trinajstić information content (AvgIpc) is 2.75. The van der Waals surface area contributed by atoms with Gasteiger partial charge in [-0.15, -0.1) is 0 Å². The van der Waals surface area contributed by atoms with Crippen molar-refractivity contribution in [1.82, 2.24) is 9.80 Å². The summed E-state index contributed by atoms with van der Waals surface area (Å²) in [6, 6.07) is 15.4. The van der Waals surface area contributed by atoms with E-state index in [4.69, 9.17) is 10.5 Å². The maximum Gasteiger partial charge on any atom is 0.314 e. The number of amides is 3. The summed E-state index contributed by atoms with van der Waals surface area (Å²) in [5, 5.41) is 0. The van der Waals surface area contributed by atoms with Crippen LogP contribution in [0, 0.1) is 12.8 Å². The molecule has 1 unspecified atom stereocenters. The molecule has 0 saturated carbocycles. The number of ether oxygens (including phenoxy) is 1. The quantitative estimate of drug-likeness (QED) is 0.815. The number of likely N-dealkylation sites (tertiary alicyclic amines) is 1. The number of rotatable bonds is 6. The van der Waals surface area contributed by atoms with Gasteiger partial charge in [-0.3, -0.25) is 4.79 Å². The fourth-order valence-corrected chi connectivity index (χ4v) is 3.79. The van der Waals surface area contributed by atoms with Crippen molar-refractivity contribution in [2.45, 2.75) is 32.9 Å². The van der Waals surface area contributed by atoms with E-state index in [1.807, 2.05) is 41.3 Å². The van der Waals surface area contributed by atoms with Gasteiger partial charge in [-0.05, 0) is 48.6 Å². The number of urea groups is 1. The third-order valence-electron chi connectivity index (χ3n) is 5.55. The van der Waals surface area contributed by atoms with Crippen molar-refractivity contribution in [2.24, 2.45) is 11.7 Å². The number of primary amides is 1. The largest absolute Gasteiger partial charge is 0.497 e. The average molecular weight is 396 g/mol. The van der Waals surface area contributed by atoms with Crippen LogP contribution in [0.2, 0.25) is 0 Å². The molecule has 0 bridgehead atoms. The summed E-state index contributed by atoms with van der Waals surface area (Å²) in [7, 11) is 1.64. The maximum atomic E-state index is 13.4. The zero-order valence-corrected chi connectivity index (χ0v) is 17.1. The van der Waals surface area contributed by atoms with E-state index in [0.717, 1.165) is 35.3 Å². The Morgan fingerprint density at radius 2 is 1.86 bits per heavy atom. The van der Waals surface area contributed by atoms with Crippen LogP contribution in [0.3, 0.4) is 0 Å². The SMILES string of the molecule is COc1ccc(CN(Cc2ccccc2C)C(=O)C2CCCN(C(N)=O)C2)cc1. The predicted molar refractivity (Wildman–Crippen MR) is 112 cm³/mol. The molecule has 3 rings (SSSR count). The Bertz CT molecular complexity index is 851. The van der Waals surface area contributed by atoms with E-state index in [0.29, 0.717) is 26.2 Å². The van der Waals surface area contributed by atoms with Crippen molar-refractivity contribution in [3.05, 3.63) is 65.2 Å². The van der Waals surface area contributed by atoms with Gasteiger partial charge >= 0.3 is 6.03 Å². The highest BCUT2D eigenvalue weighted by Gasteiger charge is 2.31. The summed E-state index contributed by atoms with van der Waals surface area (Å²) in [6.45, 7) is 4.10. The van der Waals surface area contributed by atoms with E-state index in [2.05, 4.69) is 19.1 Å². The van der Waals surface area contributed by atoms with Gasteiger partial charge in [0.05, 0.1) is 13.0 Å². The van der Waals surface area contributed by atoms with Gasteiger partial charge in [-0.2, -0.15) is 0 Å². The molecule has 0 aliphatic carbocycles. The van der Waals surface area contributed by atoms with Crippen molar-refractivity contribution in [3.63, 3.8) is 0 Å². The molecule has 29 heavy (non-hydrogen) atoms. The number of piperidine rings is 1. The Kier molecular flexibility index (Phi) is 6.75. The van der Waals surface area contributed by atoms with Gasteiger partial charge in [0.25, 0.3) is 0 Å². The number of carbonyl (C=O) groups excluding carboxylic acids is 2. The van der Waals surface area contributed by atoms with Gasteiger partial charge in [0.1, 0.15) is 5.75 Å². The van der Waals surface area contributed by atoms with Crippen molar-refractivity contribution in [2.75, 3.05) is 20.2 Å². The van der Waals surface area contributed by atoms with Gasteiger partial charge in [0.15, 0.2) is 0 Å². The number of carbonyl (C=O) groups is 2. The number of nitrogens with zero attached hydrogens (tertiary/aromatic N) is 2. The number of benzene rings is 2. The fraction of sp³-hybridized carbons (Fsp3) is 0.391. The van der Waals surface area contributed by atoms with E-state index in [9.17, 15) is 9.59 Å². The Balaban J connectivity index is 1.81. The van der Waals surface area contributed by atoms with Gasteiger partial charge in [0, 0.05) is 26.2 Å². The molecule has 3 amide bonds. The molecule has 1 atom stereocenters. The molecule has 0 aromatic heterocycles. The van der Waals surface area contributed by atoms with Crippen LogP contribution in [0.4, 0.5) is 4.79 Å². The molecule has 1 saturated heterocycles. The first-order valence-corrected chi connectivity index (χ1v) is 9.98. The normalized spacial score (nSPS) is 16.3. The predicted octanol–water partition coefficient (Wildman–Crippen LogP) is 3.32. The maximum absolute atomic E-state index is 13.4. The molecule has 1 fully saturated rings. The Morgan fingerprint density at radius 1 is 1.14 bits per heavy atom. The standard InChI is InChI=1S/C23H29N3O3/c1-17-6-3-4-7-19(17)15-26(14-18-9-11-21(29-2)12-10-18)22(27)20-8-5-13-25(16-20)23(24)28/h3-4,6-7,9-12,20H,5,8,13-16H2,1-2H3,(H2,24,28). The van der Waals surface area contributed by atoms with Crippen LogP contribution < -0.4 is 10.5 Å². The van der Waals surface area contributed by atoms with Crippen molar-refractivity contribution < 1.29 is 14.3 Å². The molecule has 0 radical (unpaired) electrons. The lowest BCUT2D eigenvalue weighted by atomic mass is 9.96. The fourth-order valence-electron chi connectivity index (χ4n) is 3.79. The third-order valence-corrected chi connectivity index (χ3v) is 5.55. The van der Waals surface area contributed by atoms with Crippen molar-refractivity contribution in [1.29, 1.82) is 0 Å². The van der Waals surface area contributed by atoms with Gasteiger partial charge in [0.2, 0.25) is 5.91 Å². The number of hydrogen-bond donors (Lipinski definition) is 1. The lowest BCUT2D eigenvalue weighted by Gasteiger charge is -2.34. The molecule has 2 aromatic carbocycles. The summed E-state index contributed by atoms with van der Waals surface area (Å²) in [4.78, 5) is 28.5. The van der Waals surface area contributed by atoms with Crippen LogP contribution in [-0.2, 0) is 17.9 Å². The van der Waals surface area contributed by atoms with Crippen molar-refractivity contribution >= 4 is 11.9 Å². The summed E-state index contributed by atoms with van der Waals surface area (Å²) >= 11 is 0. The molecule has 0 spiro atoms. The molecule has 2 aromatic rings. The number of methoxy groups -OCH3 is 1. The molecule has 2 N–H and O–H groups in total. The van der Waals surface area contributed by atoms with Gasteiger partial charge in [-0.25, -0.2) is 4.79 Å². The Labute approximate surface area is 172 Å². The Morgan fingerprint density at radius 3 is 2.52 bits per heavy atom. The summed E-state index contributed by atoms with van der Waals surface area (Å²) < 4.78 is 5.23. The van der Waals surface area contributed by atoms with Crippen molar-refractivity contribution in [3.8, 4) is 5.75 Å². The van der Waals surface area contributed by atoms with Crippen LogP contribution in [-0.4, -0.2) is 41.9 Å². The number of nitrogens with two attached hydrogens (primary N) is 1. The smallest absolute Gasteiger partial charge is 0.314 e. The van der Waals surface area contributed by atoms with Crippen LogP contribution in [0.1, 0.15) is 29.5 Å². The molecule has 1 aliphatic rings. The minimum absolute atomic E-state index is 0.0648. The number of aryl methyl sites for hydroxylation is 1. The van der Waals surface area contributed by atoms with E-state index < -0.39 is 6.03 Å². The first-order valence-electron chi connectivity index (χ1n) is 9.98. The lowest BCUT2D eigenvalue weighted by molar-refractivity contribution is -0.138. The minimum Gasteiger partial charge on any atom is -0.497 e. The topological polar surface area (TPSA) is 75.9 Å². The minimum atomic E-state index is -0.455. The van der Waals surface area contributed by atoms with E-state index >= 15 is 0 Å². The van der Waals surface area contributed by atoms with Gasteiger partial charge < -0.3 is 20.3 Å². The highest BCUT2D eigenvalue weighted by atomic mass is 16.5. The zero-order chi connectivity index (χ0) is 20.8. The first-order chi connectivity index (χ1) is 14.0. The first kappa shape index (κ1) is 20.7. The molecular weight excluding hydrogens is 366 g/mol. The second-order valence-corrected chi connectivity index (χ2v) is 7.59. The van der Waals surface area contributed by atoms with Gasteiger partial charge in [-0.1, -0.05) is 36.4 Å². The summed E-state index contributed by atoms with van der Waals surface area (Å²) in [5.41, 5.74) is 8.76. The highest BCUT2D eigenvalue weighted by molar-refractivity contribution is 5.80. The van der Waals surface area contributed by atoms with Crippen LogP contribution in [0.25, 0.3) is 0 Å². The lowest BCUT2D eigenvalue weighted by Crippen LogP contribution is -2.48. The molecule has 6 nitrogen and oxygen atoms in total. The van der Waals surface area contributed by atoms with E-state index in [1.54, 1.807) is 12.0 Å². The summed E-state index contributed by atoms with van der Waals surface area (Å²) in [5.74, 6) is 0.628. The van der Waals surface area contributed by atoms with Crippen LogP contribution in [0.5, 0.6) is 5.75 Å². The molecular formula is C23H29N3O3. The second kappa shape index (κ2) is 9.45. The summed E-state index contributed by atoms with van der Waals surface area (Å²) in [6.07, 6.45) is 1.57. The second-order valence-electron chi connectivity index (χ2n) is 7.59. The molecule has 1 heterocycles. The molecule has 1 aliphatic heterocycles. The molecule has 154 valence electrons. The number of hydrogen-bond acceptors (Lipinski definition) is 3. The van der Waals surface area contributed by atoms with Crippen LogP contribution >= 0.6 is 0 Å². The highest BCUT2D eigenvalue weighted by Crippen LogP contribution is 2.23. The molecule has 6 heteroatoms. The monoisotopic (exact) mass is 395 g/mol. The van der Waals surface area contributed by atoms with E-state index in [-0.39, 0.29) is 11.8 Å². The zero-order valence-electron chi connectivity index (χ0n) is 17.1.